The Kier molecular flexibility index (Phi) is 4.12. The molecule has 0 amide bonds. The quantitative estimate of drug-likeness (QED) is 0.268. The van der Waals surface area contributed by atoms with Crippen LogP contribution in [0.25, 0.3) is 11.1 Å². The Bertz CT molecular complexity index is 1010. The van der Waals surface area contributed by atoms with Crippen LogP contribution in [0, 0.1) is 0 Å². The van der Waals surface area contributed by atoms with Crippen LogP contribution in [0.3, 0.4) is 0 Å². The summed E-state index contributed by atoms with van der Waals surface area (Å²) < 4.78 is 4.91. The fourth-order valence-electron chi connectivity index (χ4n) is 2.55. The maximum Gasteiger partial charge on any atom is 0.348 e. The average molecular weight is 372 g/mol. The van der Waals surface area contributed by atoms with Crippen molar-refractivity contribution in [3.8, 4) is 23.0 Å². The standard InChI is InChI=1S/C18H12O9/c19-9-3-1-7(2-4-9)13(17(24)25)16-15(23)12(18(26)27-16)8-5-10(20)14(22)11(21)6-8/h1-6,19-23H,(H,24,25)/b16-13-. The van der Waals surface area contributed by atoms with Gasteiger partial charge in [-0.15, -0.1) is 0 Å². The summed E-state index contributed by atoms with van der Waals surface area (Å²) in [6, 6.07) is 6.73. The normalized spacial score (nSPS) is 15.6. The Morgan fingerprint density at radius 1 is 0.889 bits per heavy atom. The van der Waals surface area contributed by atoms with Crippen molar-refractivity contribution in [3.05, 3.63) is 59.0 Å². The fraction of sp³-hybridized carbons (Fsp3) is 0. The number of benzene rings is 2. The number of hydrogen-bond acceptors (Lipinski definition) is 8. The lowest BCUT2D eigenvalue weighted by Crippen LogP contribution is -2.06. The molecule has 0 aromatic heterocycles. The number of carboxylic acids is 1. The number of carboxylic acid groups (broad SMARTS) is 1. The van der Waals surface area contributed by atoms with Gasteiger partial charge in [-0.1, -0.05) is 12.1 Å². The van der Waals surface area contributed by atoms with Crippen LogP contribution in [0.4, 0.5) is 0 Å². The minimum atomic E-state index is -1.51. The zero-order chi connectivity index (χ0) is 19.9. The molecular weight excluding hydrogens is 360 g/mol. The number of aromatic hydroxyl groups is 4. The molecular formula is C18H12O9. The monoisotopic (exact) mass is 372 g/mol. The summed E-state index contributed by atoms with van der Waals surface area (Å²) in [6.45, 7) is 0. The van der Waals surface area contributed by atoms with Crippen molar-refractivity contribution in [3.63, 3.8) is 0 Å². The van der Waals surface area contributed by atoms with E-state index in [9.17, 15) is 40.2 Å². The van der Waals surface area contributed by atoms with Crippen molar-refractivity contribution >= 4 is 23.1 Å². The first kappa shape index (κ1) is 17.7. The molecule has 6 N–H and O–H groups in total. The number of esters is 1. The predicted octanol–water partition coefficient (Wildman–Crippen LogP) is 1.83. The molecule has 1 heterocycles. The van der Waals surface area contributed by atoms with Gasteiger partial charge in [0.05, 0.1) is 0 Å². The van der Waals surface area contributed by atoms with Gasteiger partial charge in [0.15, 0.2) is 28.8 Å². The van der Waals surface area contributed by atoms with Crippen LogP contribution >= 0.6 is 0 Å². The Hall–Kier alpha value is -4.14. The summed E-state index contributed by atoms with van der Waals surface area (Å²) in [5.74, 6) is -6.55. The molecule has 9 heteroatoms. The number of phenolic OH excluding ortho intramolecular Hbond substituents is 4. The molecule has 9 nitrogen and oxygen atoms in total. The smallest absolute Gasteiger partial charge is 0.348 e. The first-order valence-electron chi connectivity index (χ1n) is 7.38. The van der Waals surface area contributed by atoms with Crippen LogP contribution in [0.2, 0.25) is 0 Å². The van der Waals surface area contributed by atoms with Crippen LogP contribution in [-0.2, 0) is 14.3 Å². The van der Waals surface area contributed by atoms with Gasteiger partial charge in [-0.2, -0.15) is 0 Å². The van der Waals surface area contributed by atoms with Gasteiger partial charge in [-0.3, -0.25) is 0 Å². The maximum absolute atomic E-state index is 12.2. The van der Waals surface area contributed by atoms with E-state index in [-0.39, 0.29) is 16.9 Å². The van der Waals surface area contributed by atoms with Crippen LogP contribution in [0.5, 0.6) is 23.0 Å². The molecule has 0 unspecified atom stereocenters. The van der Waals surface area contributed by atoms with Gasteiger partial charge in [-0.05, 0) is 29.8 Å². The first-order chi connectivity index (χ1) is 12.7. The summed E-state index contributed by atoms with van der Waals surface area (Å²) >= 11 is 0. The zero-order valence-electron chi connectivity index (χ0n) is 13.4. The zero-order valence-corrected chi connectivity index (χ0v) is 13.4. The van der Waals surface area contributed by atoms with Crippen LogP contribution < -0.4 is 0 Å². The highest BCUT2D eigenvalue weighted by atomic mass is 16.6. The van der Waals surface area contributed by atoms with Crippen molar-refractivity contribution in [2.24, 2.45) is 0 Å². The molecule has 0 saturated heterocycles. The van der Waals surface area contributed by atoms with E-state index in [2.05, 4.69) is 0 Å². The number of carbonyl (C=O) groups is 2. The van der Waals surface area contributed by atoms with E-state index >= 15 is 0 Å². The number of phenols is 4. The first-order valence-corrected chi connectivity index (χ1v) is 7.38. The molecule has 27 heavy (non-hydrogen) atoms. The largest absolute Gasteiger partial charge is 0.508 e. The third kappa shape index (κ3) is 2.97. The van der Waals surface area contributed by atoms with Crippen LogP contribution in [0.15, 0.2) is 47.9 Å². The van der Waals surface area contributed by atoms with Gasteiger partial charge < -0.3 is 35.4 Å². The van der Waals surface area contributed by atoms with Gasteiger partial charge in [0.25, 0.3) is 0 Å². The number of hydrogen-bond donors (Lipinski definition) is 6. The number of aliphatic carboxylic acids is 1. The number of rotatable bonds is 3. The highest BCUT2D eigenvalue weighted by Crippen LogP contribution is 2.42. The highest BCUT2D eigenvalue weighted by Gasteiger charge is 2.36. The summed E-state index contributed by atoms with van der Waals surface area (Å²) in [4.78, 5) is 23.8. The molecule has 0 bridgehead atoms. The molecule has 1 aliphatic heterocycles. The van der Waals surface area contributed by atoms with Gasteiger partial charge in [0.2, 0.25) is 0 Å². The van der Waals surface area contributed by atoms with Crippen molar-refractivity contribution in [1.29, 1.82) is 0 Å². The Morgan fingerprint density at radius 3 is 1.96 bits per heavy atom. The molecule has 1 aliphatic rings. The number of cyclic esters (lactones) is 1. The molecule has 138 valence electrons. The fourth-order valence-corrected chi connectivity index (χ4v) is 2.55. The second-order valence-corrected chi connectivity index (χ2v) is 5.53. The summed E-state index contributed by atoms with van der Waals surface area (Å²) in [7, 11) is 0. The van der Waals surface area contributed by atoms with Crippen molar-refractivity contribution in [2.45, 2.75) is 0 Å². The van der Waals surface area contributed by atoms with E-state index in [4.69, 9.17) is 4.74 Å². The molecule has 3 rings (SSSR count). The average Bonchev–Trinajstić information content (AvgIpc) is 2.88. The Balaban J connectivity index is 2.23. The SMILES string of the molecule is O=C1O/C(=C(\C(=O)O)c2ccc(O)cc2)C(O)=C1c1cc(O)c(O)c(O)c1. The van der Waals surface area contributed by atoms with Crippen molar-refractivity contribution < 1.29 is 45.0 Å². The molecule has 2 aromatic carbocycles. The van der Waals surface area contributed by atoms with E-state index in [0.717, 1.165) is 12.1 Å². The van der Waals surface area contributed by atoms with Gasteiger partial charge in [-0.25, -0.2) is 9.59 Å². The number of ether oxygens (including phenoxy) is 1. The summed E-state index contributed by atoms with van der Waals surface area (Å²) in [6.07, 6.45) is 0. The van der Waals surface area contributed by atoms with Gasteiger partial charge in [0.1, 0.15) is 16.9 Å². The minimum Gasteiger partial charge on any atom is -0.508 e. The topological polar surface area (TPSA) is 165 Å². The van der Waals surface area contributed by atoms with Gasteiger partial charge >= 0.3 is 11.9 Å². The van der Waals surface area contributed by atoms with Crippen LogP contribution in [0.1, 0.15) is 11.1 Å². The van der Waals surface area contributed by atoms with E-state index in [0.29, 0.717) is 0 Å². The van der Waals surface area contributed by atoms with E-state index in [1.165, 1.54) is 24.3 Å². The second-order valence-electron chi connectivity index (χ2n) is 5.53. The van der Waals surface area contributed by atoms with E-state index in [1.807, 2.05) is 0 Å². The molecule has 0 aliphatic carbocycles. The van der Waals surface area contributed by atoms with Crippen molar-refractivity contribution in [2.75, 3.05) is 0 Å². The second kappa shape index (κ2) is 6.30. The third-order valence-corrected chi connectivity index (χ3v) is 3.81. The van der Waals surface area contributed by atoms with Crippen LogP contribution in [-0.4, -0.2) is 42.6 Å². The highest BCUT2D eigenvalue weighted by molar-refractivity contribution is 6.25. The number of aliphatic hydroxyl groups excluding tert-OH is 1. The third-order valence-electron chi connectivity index (χ3n) is 3.81. The minimum absolute atomic E-state index is 0.0484. The lowest BCUT2D eigenvalue weighted by molar-refractivity contribution is -0.131. The summed E-state index contributed by atoms with van der Waals surface area (Å²) in [5.41, 5.74) is -1.20. The predicted molar refractivity (Wildman–Crippen MR) is 89.7 cm³/mol. The maximum atomic E-state index is 12.2. The van der Waals surface area contributed by atoms with Crippen molar-refractivity contribution in [1.82, 2.24) is 0 Å². The molecule has 0 atom stereocenters. The van der Waals surface area contributed by atoms with E-state index < -0.39 is 51.9 Å². The number of carbonyl (C=O) groups excluding carboxylic acids is 1. The molecule has 0 saturated carbocycles. The Labute approximate surface area is 150 Å². The Morgan fingerprint density at radius 2 is 1.44 bits per heavy atom. The number of aliphatic hydroxyl groups is 1. The lowest BCUT2D eigenvalue weighted by atomic mass is 10.0. The lowest BCUT2D eigenvalue weighted by Gasteiger charge is -2.07. The molecule has 0 spiro atoms. The van der Waals surface area contributed by atoms with Gasteiger partial charge in [0, 0.05) is 5.56 Å². The molecule has 0 radical (unpaired) electrons. The molecule has 0 fully saturated rings. The van der Waals surface area contributed by atoms with E-state index in [1.54, 1.807) is 0 Å². The summed E-state index contributed by atoms with van der Waals surface area (Å²) in [5, 5.41) is 57.8. The molecule has 2 aromatic rings.